The summed E-state index contributed by atoms with van der Waals surface area (Å²) in [7, 11) is 0. The van der Waals surface area contributed by atoms with E-state index in [1.807, 2.05) is 36.4 Å². The summed E-state index contributed by atoms with van der Waals surface area (Å²) < 4.78 is 0. The van der Waals surface area contributed by atoms with Crippen molar-refractivity contribution < 1.29 is 0 Å². The number of benzene rings is 8. The minimum Gasteiger partial charge on any atom is -0.247 e. The Kier molecular flexibility index (Phi) is 7.81. The lowest BCUT2D eigenvalue weighted by molar-refractivity contribution is 1.18. The molecule has 10 aromatic rings. The molecule has 0 spiro atoms. The molecule has 0 atom stereocenters. The first-order chi connectivity index (χ1) is 26.8. The largest absolute Gasteiger partial charge is 0.247 e. The highest BCUT2D eigenvalue weighted by Crippen LogP contribution is 2.41. The molecule has 10 rings (SSSR count). The molecule has 3 heteroatoms. The van der Waals surface area contributed by atoms with Gasteiger partial charge in [-0.15, -0.1) is 0 Å². The van der Waals surface area contributed by atoms with E-state index in [9.17, 15) is 0 Å². The highest BCUT2D eigenvalue weighted by atomic mass is 14.9. The van der Waals surface area contributed by atoms with Crippen LogP contribution in [0.3, 0.4) is 0 Å². The van der Waals surface area contributed by atoms with Crippen LogP contribution in [-0.2, 0) is 0 Å². The molecule has 0 aliphatic rings. The van der Waals surface area contributed by atoms with Crippen molar-refractivity contribution in [3.05, 3.63) is 200 Å². The maximum absolute atomic E-state index is 5.47. The van der Waals surface area contributed by atoms with Crippen LogP contribution in [0.25, 0.3) is 99.9 Å². The Morgan fingerprint density at radius 2 is 0.833 bits per heavy atom. The van der Waals surface area contributed by atoms with Crippen molar-refractivity contribution in [3.8, 4) is 67.4 Å². The molecular weight excluding hydrogens is 655 g/mol. The Morgan fingerprint density at radius 3 is 1.57 bits per heavy atom. The highest BCUT2D eigenvalue weighted by molar-refractivity contribution is 6.19. The lowest BCUT2D eigenvalue weighted by Gasteiger charge is -2.16. The molecule has 0 unspecified atom stereocenters. The lowest BCUT2D eigenvalue weighted by Crippen LogP contribution is -1.96. The Labute approximate surface area is 313 Å². The molecule has 54 heavy (non-hydrogen) atoms. The molecular formula is C51H33N3. The highest BCUT2D eigenvalue weighted by Gasteiger charge is 2.17. The second-order valence-corrected chi connectivity index (χ2v) is 13.6. The zero-order valence-corrected chi connectivity index (χ0v) is 29.4. The van der Waals surface area contributed by atoms with Crippen LogP contribution in [0.1, 0.15) is 0 Å². The number of pyridine rings is 1. The molecule has 3 nitrogen and oxygen atoms in total. The molecule has 0 amide bonds. The first-order valence-corrected chi connectivity index (χ1v) is 18.3. The molecule has 0 bridgehead atoms. The Hall–Kier alpha value is -7.23. The topological polar surface area (TPSA) is 38.7 Å². The van der Waals surface area contributed by atoms with Crippen molar-refractivity contribution in [2.24, 2.45) is 0 Å². The first-order valence-electron chi connectivity index (χ1n) is 18.3. The van der Waals surface area contributed by atoms with E-state index < -0.39 is 0 Å². The van der Waals surface area contributed by atoms with Gasteiger partial charge in [0.15, 0.2) is 5.82 Å². The molecule has 2 heterocycles. The number of nitrogens with zero attached hydrogens (tertiary/aromatic N) is 3. The third-order valence-corrected chi connectivity index (χ3v) is 10.3. The van der Waals surface area contributed by atoms with E-state index >= 15 is 0 Å². The molecule has 0 fully saturated rings. The zero-order valence-electron chi connectivity index (χ0n) is 29.4. The van der Waals surface area contributed by atoms with Crippen LogP contribution >= 0.6 is 0 Å². The zero-order chi connectivity index (χ0) is 35.8. The first kappa shape index (κ1) is 31.5. The Balaban J connectivity index is 1.12. The van der Waals surface area contributed by atoms with Crippen LogP contribution < -0.4 is 0 Å². The van der Waals surface area contributed by atoms with Crippen LogP contribution in [-0.4, -0.2) is 15.0 Å². The minimum atomic E-state index is 0.709. The molecule has 2 aromatic heterocycles. The average Bonchev–Trinajstić information content (AvgIpc) is 3.26. The normalized spacial score (nSPS) is 11.3. The maximum atomic E-state index is 5.47. The lowest BCUT2D eigenvalue weighted by atomic mass is 9.91. The maximum Gasteiger partial charge on any atom is 0.160 e. The van der Waals surface area contributed by atoms with E-state index in [-0.39, 0.29) is 0 Å². The summed E-state index contributed by atoms with van der Waals surface area (Å²) in [4.78, 5) is 15.5. The van der Waals surface area contributed by atoms with Crippen molar-refractivity contribution in [2.45, 2.75) is 0 Å². The summed E-state index contributed by atoms with van der Waals surface area (Å²) in [5.41, 5.74) is 12.6. The molecule has 0 N–H and O–H groups in total. The van der Waals surface area contributed by atoms with Crippen LogP contribution in [0.2, 0.25) is 0 Å². The van der Waals surface area contributed by atoms with Crippen LogP contribution in [0.5, 0.6) is 0 Å². The number of fused-ring (bicyclic) bond motifs is 4. The smallest absolute Gasteiger partial charge is 0.160 e. The van der Waals surface area contributed by atoms with E-state index in [0.29, 0.717) is 5.82 Å². The van der Waals surface area contributed by atoms with E-state index in [2.05, 4.69) is 164 Å². The van der Waals surface area contributed by atoms with Gasteiger partial charge in [-0.2, -0.15) is 0 Å². The van der Waals surface area contributed by atoms with Crippen molar-refractivity contribution in [1.82, 2.24) is 15.0 Å². The molecule has 0 radical (unpaired) electrons. The van der Waals surface area contributed by atoms with Gasteiger partial charge in [0.05, 0.1) is 22.6 Å². The second kappa shape index (κ2) is 13.4. The van der Waals surface area contributed by atoms with Gasteiger partial charge >= 0.3 is 0 Å². The summed E-state index contributed by atoms with van der Waals surface area (Å²) in [5, 5.41) is 5.89. The number of hydrogen-bond donors (Lipinski definition) is 0. The van der Waals surface area contributed by atoms with Gasteiger partial charge in [-0.3, -0.25) is 0 Å². The van der Waals surface area contributed by atoms with Crippen LogP contribution in [0.15, 0.2) is 200 Å². The third-order valence-electron chi connectivity index (χ3n) is 10.3. The van der Waals surface area contributed by atoms with E-state index in [1.165, 1.54) is 27.3 Å². The number of aromatic nitrogens is 3. The molecule has 252 valence electrons. The molecule has 0 saturated heterocycles. The monoisotopic (exact) mass is 687 g/mol. The van der Waals surface area contributed by atoms with Gasteiger partial charge < -0.3 is 0 Å². The van der Waals surface area contributed by atoms with Crippen molar-refractivity contribution in [3.63, 3.8) is 0 Å². The Morgan fingerprint density at radius 1 is 0.296 bits per heavy atom. The second-order valence-electron chi connectivity index (χ2n) is 13.6. The number of hydrogen-bond acceptors (Lipinski definition) is 3. The predicted octanol–water partition coefficient (Wildman–Crippen LogP) is 13.3. The summed E-state index contributed by atoms with van der Waals surface area (Å²) in [6.45, 7) is 0. The van der Waals surface area contributed by atoms with Gasteiger partial charge in [0.1, 0.15) is 0 Å². The van der Waals surface area contributed by atoms with E-state index in [0.717, 1.165) is 66.8 Å². The van der Waals surface area contributed by atoms with E-state index in [1.54, 1.807) is 0 Å². The minimum absolute atomic E-state index is 0.709. The SMILES string of the molecule is c1ccc(-c2cc(-c3ccc(-c4ccc5c(c4)nc(-c4cccc6ccccc46)c4cccc(-c6ccccc6)c45)cc3)nc(-c3ccccc3)n2)cc1. The predicted molar refractivity (Wildman–Crippen MR) is 225 cm³/mol. The van der Waals surface area contributed by atoms with Crippen molar-refractivity contribution in [1.29, 1.82) is 0 Å². The van der Waals surface area contributed by atoms with Crippen molar-refractivity contribution >= 4 is 32.4 Å². The average molecular weight is 688 g/mol. The fourth-order valence-corrected chi connectivity index (χ4v) is 7.63. The van der Waals surface area contributed by atoms with Gasteiger partial charge in [-0.05, 0) is 45.2 Å². The van der Waals surface area contributed by atoms with Gasteiger partial charge in [-0.25, -0.2) is 15.0 Å². The number of rotatable bonds is 6. The Bertz CT molecular complexity index is 2890. The quantitative estimate of drug-likeness (QED) is 0.163. The fourth-order valence-electron chi connectivity index (χ4n) is 7.63. The van der Waals surface area contributed by atoms with Crippen LogP contribution in [0, 0.1) is 0 Å². The van der Waals surface area contributed by atoms with Gasteiger partial charge in [-0.1, -0.05) is 188 Å². The summed E-state index contributed by atoms with van der Waals surface area (Å²) in [5.74, 6) is 0.709. The fraction of sp³-hybridized carbons (Fsp3) is 0. The summed E-state index contributed by atoms with van der Waals surface area (Å²) in [6.07, 6.45) is 0. The van der Waals surface area contributed by atoms with Crippen LogP contribution in [0.4, 0.5) is 0 Å². The summed E-state index contributed by atoms with van der Waals surface area (Å²) >= 11 is 0. The summed E-state index contributed by atoms with van der Waals surface area (Å²) in [6, 6.07) is 70.3. The van der Waals surface area contributed by atoms with Gasteiger partial charge in [0.25, 0.3) is 0 Å². The van der Waals surface area contributed by atoms with E-state index in [4.69, 9.17) is 15.0 Å². The standard InChI is InChI=1S/C51H33N3/c1-4-14-36(15-5-1)42-23-13-25-45-49(42)44-31-30-40(32-48(44)52-50(45)43-24-12-21-35-16-10-11-22-41(35)43)34-26-28-38(29-27-34)47-33-46(37-17-6-2-7-18-37)53-51(54-47)39-19-8-3-9-20-39/h1-33H. The molecule has 8 aromatic carbocycles. The third kappa shape index (κ3) is 5.69. The van der Waals surface area contributed by atoms with Gasteiger partial charge in [0.2, 0.25) is 0 Å². The molecule has 0 aliphatic carbocycles. The molecule has 0 aliphatic heterocycles. The van der Waals surface area contributed by atoms with Crippen molar-refractivity contribution in [2.75, 3.05) is 0 Å². The van der Waals surface area contributed by atoms with Gasteiger partial charge in [0, 0.05) is 38.4 Å². The molecule has 0 saturated carbocycles.